The standard InChI is InChI=1S/C12H14F2N2O4/c1-19-4-3-15-12(18)16-10-5-7(11(17)20-2)8(13)6-9(10)14/h5-6H,3-4H2,1-2H3,(H2,15,16,18). The summed E-state index contributed by atoms with van der Waals surface area (Å²) in [6.07, 6.45) is 0. The Balaban J connectivity index is 2.84. The first kappa shape index (κ1) is 15.8. The molecular weight excluding hydrogens is 274 g/mol. The first-order chi connectivity index (χ1) is 9.49. The lowest BCUT2D eigenvalue weighted by atomic mass is 10.2. The van der Waals surface area contributed by atoms with Crippen molar-refractivity contribution in [2.45, 2.75) is 0 Å². The molecule has 0 bridgehead atoms. The van der Waals surface area contributed by atoms with E-state index in [2.05, 4.69) is 15.4 Å². The Hall–Kier alpha value is -2.22. The minimum absolute atomic E-state index is 0.217. The van der Waals surface area contributed by atoms with Gasteiger partial charge >= 0.3 is 12.0 Å². The van der Waals surface area contributed by atoms with Crippen molar-refractivity contribution in [2.24, 2.45) is 0 Å². The van der Waals surface area contributed by atoms with Gasteiger partial charge in [0.05, 0.1) is 25.0 Å². The second kappa shape index (κ2) is 7.39. The Kier molecular flexibility index (Phi) is 5.85. The largest absolute Gasteiger partial charge is 0.465 e. The molecule has 0 aliphatic carbocycles. The zero-order valence-corrected chi connectivity index (χ0v) is 11.0. The van der Waals surface area contributed by atoms with Crippen molar-refractivity contribution in [1.82, 2.24) is 5.32 Å². The van der Waals surface area contributed by atoms with Crippen LogP contribution in [0.1, 0.15) is 10.4 Å². The quantitative estimate of drug-likeness (QED) is 0.636. The number of rotatable bonds is 5. The highest BCUT2D eigenvalue weighted by atomic mass is 19.1. The van der Waals surface area contributed by atoms with Crippen LogP contribution in [0.2, 0.25) is 0 Å². The fourth-order valence-electron chi connectivity index (χ4n) is 1.34. The summed E-state index contributed by atoms with van der Waals surface area (Å²) in [7, 11) is 2.53. The van der Waals surface area contributed by atoms with Gasteiger partial charge in [0.25, 0.3) is 0 Å². The molecule has 1 rings (SSSR count). The number of benzene rings is 1. The van der Waals surface area contributed by atoms with Crippen LogP contribution in [0.5, 0.6) is 0 Å². The second-order valence-corrected chi connectivity index (χ2v) is 3.68. The van der Waals surface area contributed by atoms with E-state index in [1.54, 1.807) is 0 Å². The second-order valence-electron chi connectivity index (χ2n) is 3.68. The van der Waals surface area contributed by atoms with Crippen LogP contribution in [0.4, 0.5) is 19.3 Å². The molecule has 20 heavy (non-hydrogen) atoms. The molecule has 8 heteroatoms. The molecule has 0 aliphatic rings. The maximum absolute atomic E-state index is 13.5. The normalized spacial score (nSPS) is 10.0. The SMILES string of the molecule is COCCNC(=O)Nc1cc(C(=O)OC)c(F)cc1F. The summed E-state index contributed by atoms with van der Waals surface area (Å²) in [4.78, 5) is 22.7. The molecule has 0 saturated heterocycles. The molecule has 0 aromatic heterocycles. The number of ether oxygens (including phenoxy) is 2. The molecule has 110 valence electrons. The van der Waals surface area contributed by atoms with Crippen molar-refractivity contribution in [3.05, 3.63) is 29.3 Å². The van der Waals surface area contributed by atoms with Gasteiger partial charge < -0.3 is 20.1 Å². The van der Waals surface area contributed by atoms with Crippen LogP contribution in [0.25, 0.3) is 0 Å². The van der Waals surface area contributed by atoms with Crippen LogP contribution >= 0.6 is 0 Å². The lowest BCUT2D eigenvalue weighted by Crippen LogP contribution is -2.31. The number of carbonyl (C=O) groups excluding carboxylic acids is 2. The predicted molar refractivity (Wildman–Crippen MR) is 66.6 cm³/mol. The van der Waals surface area contributed by atoms with E-state index in [1.807, 2.05) is 0 Å². The first-order valence-corrected chi connectivity index (χ1v) is 5.60. The van der Waals surface area contributed by atoms with Crippen molar-refractivity contribution in [3.8, 4) is 0 Å². The van der Waals surface area contributed by atoms with E-state index in [0.717, 1.165) is 13.2 Å². The number of esters is 1. The van der Waals surface area contributed by atoms with Gasteiger partial charge in [-0.2, -0.15) is 0 Å². The van der Waals surface area contributed by atoms with Gasteiger partial charge in [-0.15, -0.1) is 0 Å². The third kappa shape index (κ3) is 4.16. The smallest absolute Gasteiger partial charge is 0.340 e. The Labute approximate surface area is 114 Å². The zero-order valence-electron chi connectivity index (χ0n) is 11.0. The summed E-state index contributed by atoms with van der Waals surface area (Å²) >= 11 is 0. The Morgan fingerprint density at radius 2 is 1.90 bits per heavy atom. The van der Waals surface area contributed by atoms with Gasteiger partial charge in [-0.3, -0.25) is 0 Å². The number of amides is 2. The third-order valence-corrected chi connectivity index (χ3v) is 2.30. The summed E-state index contributed by atoms with van der Waals surface area (Å²) in [6.45, 7) is 0.502. The monoisotopic (exact) mass is 288 g/mol. The molecule has 0 aliphatic heterocycles. The molecule has 1 aromatic carbocycles. The lowest BCUT2D eigenvalue weighted by molar-refractivity contribution is 0.0595. The first-order valence-electron chi connectivity index (χ1n) is 5.60. The minimum Gasteiger partial charge on any atom is -0.465 e. The Bertz CT molecular complexity index is 508. The van der Waals surface area contributed by atoms with Crippen molar-refractivity contribution in [2.75, 3.05) is 32.7 Å². The van der Waals surface area contributed by atoms with Crippen molar-refractivity contribution < 1.29 is 27.8 Å². The minimum atomic E-state index is -1.07. The van der Waals surface area contributed by atoms with Crippen molar-refractivity contribution in [1.29, 1.82) is 0 Å². The van der Waals surface area contributed by atoms with Crippen LogP contribution in [0.15, 0.2) is 12.1 Å². The fourth-order valence-corrected chi connectivity index (χ4v) is 1.34. The summed E-state index contributed by atoms with van der Waals surface area (Å²) in [5, 5.41) is 4.55. The van der Waals surface area contributed by atoms with Gasteiger partial charge in [-0.05, 0) is 6.07 Å². The van der Waals surface area contributed by atoms with Gasteiger partial charge in [-0.25, -0.2) is 18.4 Å². The third-order valence-electron chi connectivity index (χ3n) is 2.30. The number of nitrogens with one attached hydrogen (secondary N) is 2. The maximum atomic E-state index is 13.5. The average Bonchev–Trinajstić information content (AvgIpc) is 2.41. The van der Waals surface area contributed by atoms with E-state index in [1.165, 1.54) is 7.11 Å². The molecule has 2 N–H and O–H groups in total. The van der Waals surface area contributed by atoms with Gasteiger partial charge in [0.1, 0.15) is 11.6 Å². The summed E-state index contributed by atoms with van der Waals surface area (Å²) in [5.41, 5.74) is -0.803. The number of methoxy groups -OCH3 is 2. The molecule has 0 unspecified atom stereocenters. The van der Waals surface area contributed by atoms with Crippen LogP contribution in [-0.4, -0.2) is 39.4 Å². The predicted octanol–water partition coefficient (Wildman–Crippen LogP) is 1.52. The van der Waals surface area contributed by atoms with Crippen LogP contribution in [0, 0.1) is 11.6 Å². The average molecular weight is 288 g/mol. The number of halogens is 2. The number of urea groups is 1. The Morgan fingerprint density at radius 1 is 1.20 bits per heavy atom. The zero-order chi connectivity index (χ0) is 15.1. The van der Waals surface area contributed by atoms with E-state index in [4.69, 9.17) is 4.74 Å². The number of carbonyl (C=O) groups is 2. The summed E-state index contributed by atoms with van der Waals surface area (Å²) in [5.74, 6) is -3.04. The van der Waals surface area contributed by atoms with Gasteiger partial charge in [0.15, 0.2) is 0 Å². The molecule has 0 saturated carbocycles. The van der Waals surface area contributed by atoms with Gasteiger partial charge in [-0.1, -0.05) is 0 Å². The van der Waals surface area contributed by atoms with E-state index in [0.29, 0.717) is 6.07 Å². The van der Waals surface area contributed by atoms with Gasteiger partial charge in [0, 0.05) is 19.7 Å². The number of hydrogen-bond donors (Lipinski definition) is 2. The lowest BCUT2D eigenvalue weighted by Gasteiger charge is -2.10. The molecule has 1 aromatic rings. The van der Waals surface area contributed by atoms with E-state index in [9.17, 15) is 18.4 Å². The summed E-state index contributed by atoms with van der Waals surface area (Å²) < 4.78 is 35.9. The van der Waals surface area contributed by atoms with Gasteiger partial charge in [0.2, 0.25) is 0 Å². The van der Waals surface area contributed by atoms with Crippen LogP contribution < -0.4 is 10.6 Å². The molecule has 0 radical (unpaired) electrons. The van der Waals surface area contributed by atoms with Crippen molar-refractivity contribution >= 4 is 17.7 Å². The highest BCUT2D eigenvalue weighted by molar-refractivity contribution is 5.94. The highest BCUT2D eigenvalue weighted by Gasteiger charge is 2.17. The molecule has 0 heterocycles. The Morgan fingerprint density at radius 3 is 2.50 bits per heavy atom. The molecule has 0 atom stereocenters. The molecule has 2 amide bonds. The van der Waals surface area contributed by atoms with E-state index in [-0.39, 0.29) is 18.8 Å². The topological polar surface area (TPSA) is 76.7 Å². The maximum Gasteiger partial charge on any atom is 0.340 e. The highest BCUT2D eigenvalue weighted by Crippen LogP contribution is 2.20. The number of hydrogen-bond acceptors (Lipinski definition) is 4. The fraction of sp³-hybridized carbons (Fsp3) is 0.333. The molecule has 0 fully saturated rings. The van der Waals surface area contributed by atoms with Crippen LogP contribution in [-0.2, 0) is 9.47 Å². The summed E-state index contributed by atoms with van der Waals surface area (Å²) in [6, 6.07) is 0.659. The van der Waals surface area contributed by atoms with E-state index < -0.39 is 29.2 Å². The van der Waals surface area contributed by atoms with E-state index >= 15 is 0 Å². The van der Waals surface area contributed by atoms with Crippen molar-refractivity contribution in [3.63, 3.8) is 0 Å². The molecule has 6 nitrogen and oxygen atoms in total. The van der Waals surface area contributed by atoms with Crippen LogP contribution in [0.3, 0.4) is 0 Å². The molecule has 0 spiro atoms. The molecular formula is C12H14F2N2O4. The number of anilines is 1.